The van der Waals surface area contributed by atoms with Crippen LogP contribution in [-0.2, 0) is 4.79 Å². The fourth-order valence-corrected chi connectivity index (χ4v) is 3.07. The molecule has 2 atom stereocenters. The zero-order valence-electron chi connectivity index (χ0n) is 13.9. The maximum absolute atomic E-state index is 12.7. The lowest BCUT2D eigenvalue weighted by Crippen LogP contribution is -2.30. The zero-order chi connectivity index (χ0) is 15.6. The Balaban J connectivity index is 2.26. The number of hydrogen-bond donors (Lipinski definition) is 0. The van der Waals surface area contributed by atoms with E-state index >= 15 is 0 Å². The summed E-state index contributed by atoms with van der Waals surface area (Å²) in [5.41, 5.74) is 3.32. The van der Waals surface area contributed by atoms with Gasteiger partial charge in [-0.2, -0.15) is 0 Å². The van der Waals surface area contributed by atoms with Gasteiger partial charge in [0.25, 0.3) is 0 Å². The van der Waals surface area contributed by atoms with Crippen molar-refractivity contribution in [1.29, 1.82) is 0 Å². The zero-order valence-corrected chi connectivity index (χ0v) is 13.9. The fourth-order valence-electron chi connectivity index (χ4n) is 3.07. The Kier molecular flexibility index (Phi) is 4.87. The van der Waals surface area contributed by atoms with Gasteiger partial charge in [0.15, 0.2) is 5.78 Å². The molecule has 0 N–H and O–H groups in total. The smallest absolute Gasteiger partial charge is 0.162 e. The van der Waals surface area contributed by atoms with Gasteiger partial charge in [-0.3, -0.25) is 4.79 Å². The molecule has 1 fully saturated rings. The summed E-state index contributed by atoms with van der Waals surface area (Å²) < 4.78 is 0. The Morgan fingerprint density at radius 2 is 1.76 bits per heavy atom. The van der Waals surface area contributed by atoms with E-state index in [4.69, 9.17) is 0 Å². The van der Waals surface area contributed by atoms with Crippen molar-refractivity contribution in [3.8, 4) is 0 Å². The maximum Gasteiger partial charge on any atom is 0.162 e. The molecule has 2 nitrogen and oxygen atoms in total. The molecule has 2 rings (SSSR count). The molecule has 114 valence electrons. The third kappa shape index (κ3) is 3.55. The summed E-state index contributed by atoms with van der Waals surface area (Å²) in [6.07, 6.45) is 4.26. The molecular weight excluding hydrogens is 258 g/mol. The minimum Gasteiger partial charge on any atom is -0.378 e. The van der Waals surface area contributed by atoms with Crippen molar-refractivity contribution in [3.63, 3.8) is 0 Å². The Morgan fingerprint density at radius 3 is 2.29 bits per heavy atom. The van der Waals surface area contributed by atoms with Gasteiger partial charge in [0.2, 0.25) is 0 Å². The largest absolute Gasteiger partial charge is 0.378 e. The summed E-state index contributed by atoms with van der Waals surface area (Å²) in [7, 11) is 4.07. The van der Waals surface area contributed by atoms with E-state index in [0.29, 0.717) is 17.6 Å². The minimum atomic E-state index is 0.202. The minimum absolute atomic E-state index is 0.202. The van der Waals surface area contributed by atoms with Crippen molar-refractivity contribution in [2.75, 3.05) is 19.0 Å². The Bertz CT molecular complexity index is 525. The lowest BCUT2D eigenvalue weighted by molar-refractivity contribution is -0.122. The molecule has 0 spiro atoms. The van der Waals surface area contributed by atoms with Crippen LogP contribution in [0.4, 0.5) is 5.69 Å². The number of nitrogens with zero attached hydrogens (tertiary/aromatic N) is 1. The van der Waals surface area contributed by atoms with Crippen LogP contribution in [0.15, 0.2) is 29.8 Å². The number of hydrogen-bond acceptors (Lipinski definition) is 2. The van der Waals surface area contributed by atoms with Gasteiger partial charge in [-0.05, 0) is 54.0 Å². The number of Topliss-reactive ketones (excluding diaryl/α,β-unsaturated/α-hetero) is 1. The molecule has 1 saturated carbocycles. The molecule has 0 unspecified atom stereocenters. The maximum atomic E-state index is 12.7. The molecule has 0 bridgehead atoms. The highest BCUT2D eigenvalue weighted by Crippen LogP contribution is 2.35. The summed E-state index contributed by atoms with van der Waals surface area (Å²) in [5.74, 6) is 1.37. The first-order valence-electron chi connectivity index (χ1n) is 7.93. The van der Waals surface area contributed by atoms with E-state index in [0.717, 1.165) is 24.0 Å². The predicted molar refractivity (Wildman–Crippen MR) is 90.5 cm³/mol. The number of anilines is 1. The summed E-state index contributed by atoms with van der Waals surface area (Å²) in [4.78, 5) is 14.8. The van der Waals surface area contributed by atoms with Gasteiger partial charge in [0.1, 0.15) is 0 Å². The van der Waals surface area contributed by atoms with Gasteiger partial charge >= 0.3 is 0 Å². The third-order valence-electron chi connectivity index (χ3n) is 4.60. The molecule has 0 amide bonds. The highest BCUT2D eigenvalue weighted by molar-refractivity contribution is 6.02. The highest BCUT2D eigenvalue weighted by Gasteiger charge is 2.32. The molecule has 0 aromatic heterocycles. The van der Waals surface area contributed by atoms with Crippen molar-refractivity contribution in [3.05, 3.63) is 35.4 Å². The van der Waals surface area contributed by atoms with E-state index in [1.807, 2.05) is 14.1 Å². The molecular formula is C19H27NO. The fraction of sp³-hybridized carbons (Fsp3) is 0.526. The predicted octanol–water partition coefficient (Wildman–Crippen LogP) is 4.41. The molecule has 2 heteroatoms. The van der Waals surface area contributed by atoms with Crippen LogP contribution in [0.2, 0.25) is 0 Å². The molecule has 1 aliphatic rings. The number of carbonyl (C=O) groups excluding carboxylic acids is 1. The standard InChI is InChI=1S/C19H27NO/c1-13(2)17-11-6-14(3)18(19(17)21)12-15-7-9-16(10-8-15)20(4)5/h7-10,12-14,17H,6,11H2,1-5H3/t14-,17+/m0/s1. The van der Waals surface area contributed by atoms with E-state index in [1.165, 1.54) is 5.69 Å². The number of ketones is 1. The molecule has 0 heterocycles. The Morgan fingerprint density at radius 1 is 1.14 bits per heavy atom. The summed E-state index contributed by atoms with van der Waals surface area (Å²) in [6, 6.07) is 8.40. The Hall–Kier alpha value is -1.57. The molecule has 1 aromatic carbocycles. The van der Waals surface area contributed by atoms with Crippen LogP contribution in [0, 0.1) is 17.8 Å². The second-order valence-electron chi connectivity index (χ2n) is 6.78. The molecule has 0 radical (unpaired) electrons. The average Bonchev–Trinajstić information content (AvgIpc) is 2.43. The van der Waals surface area contributed by atoms with Crippen molar-refractivity contribution in [2.45, 2.75) is 33.6 Å². The lowest BCUT2D eigenvalue weighted by atomic mass is 9.73. The van der Waals surface area contributed by atoms with Gasteiger partial charge in [-0.15, -0.1) is 0 Å². The van der Waals surface area contributed by atoms with Crippen LogP contribution in [0.3, 0.4) is 0 Å². The van der Waals surface area contributed by atoms with E-state index in [9.17, 15) is 4.79 Å². The average molecular weight is 285 g/mol. The van der Waals surface area contributed by atoms with Crippen molar-refractivity contribution in [1.82, 2.24) is 0 Å². The van der Waals surface area contributed by atoms with Crippen molar-refractivity contribution < 1.29 is 4.79 Å². The van der Waals surface area contributed by atoms with Crippen molar-refractivity contribution >= 4 is 17.5 Å². The van der Waals surface area contributed by atoms with Gasteiger partial charge < -0.3 is 4.90 Å². The number of benzene rings is 1. The number of carbonyl (C=O) groups is 1. The lowest BCUT2D eigenvalue weighted by Gasteiger charge is -2.30. The van der Waals surface area contributed by atoms with Gasteiger partial charge in [0.05, 0.1) is 0 Å². The van der Waals surface area contributed by atoms with E-state index in [1.54, 1.807) is 0 Å². The van der Waals surface area contributed by atoms with Gasteiger partial charge in [-0.25, -0.2) is 0 Å². The molecule has 21 heavy (non-hydrogen) atoms. The molecule has 1 aliphatic carbocycles. The quantitative estimate of drug-likeness (QED) is 0.767. The van der Waals surface area contributed by atoms with Crippen LogP contribution in [0.1, 0.15) is 39.2 Å². The van der Waals surface area contributed by atoms with Gasteiger partial charge in [-0.1, -0.05) is 32.9 Å². The van der Waals surface area contributed by atoms with E-state index < -0.39 is 0 Å². The summed E-state index contributed by atoms with van der Waals surface area (Å²) in [5, 5.41) is 0. The van der Waals surface area contributed by atoms with Crippen LogP contribution in [0.5, 0.6) is 0 Å². The third-order valence-corrected chi connectivity index (χ3v) is 4.60. The van der Waals surface area contributed by atoms with Crippen LogP contribution in [-0.4, -0.2) is 19.9 Å². The first kappa shape index (κ1) is 15.8. The normalized spacial score (nSPS) is 24.7. The Labute approximate surface area is 128 Å². The number of rotatable bonds is 3. The molecule has 1 aromatic rings. The first-order valence-corrected chi connectivity index (χ1v) is 7.93. The first-order chi connectivity index (χ1) is 9.90. The summed E-state index contributed by atoms with van der Waals surface area (Å²) in [6.45, 7) is 6.48. The SMILES string of the molecule is CC(C)[C@H]1CC[C@H](C)C(=Cc2ccc(N(C)C)cc2)C1=O. The van der Waals surface area contributed by atoms with Crippen LogP contribution < -0.4 is 4.90 Å². The molecule has 0 saturated heterocycles. The van der Waals surface area contributed by atoms with Crippen molar-refractivity contribution in [2.24, 2.45) is 17.8 Å². The topological polar surface area (TPSA) is 20.3 Å². The van der Waals surface area contributed by atoms with E-state index in [-0.39, 0.29) is 5.92 Å². The van der Waals surface area contributed by atoms with E-state index in [2.05, 4.69) is 56.0 Å². The highest BCUT2D eigenvalue weighted by atomic mass is 16.1. The van der Waals surface area contributed by atoms with Crippen LogP contribution >= 0.6 is 0 Å². The monoisotopic (exact) mass is 285 g/mol. The second kappa shape index (κ2) is 6.46. The summed E-state index contributed by atoms with van der Waals surface area (Å²) >= 11 is 0. The van der Waals surface area contributed by atoms with Crippen LogP contribution in [0.25, 0.3) is 6.08 Å². The second-order valence-corrected chi connectivity index (χ2v) is 6.78. The molecule has 0 aliphatic heterocycles. The number of allylic oxidation sites excluding steroid dienone is 1. The van der Waals surface area contributed by atoms with Gasteiger partial charge in [0, 0.05) is 25.7 Å².